The second kappa shape index (κ2) is 10.3. The molecule has 136 valence electrons. The van der Waals surface area contributed by atoms with Crippen molar-refractivity contribution in [2.24, 2.45) is 0 Å². The van der Waals surface area contributed by atoms with Crippen LogP contribution in [0.15, 0.2) is 42.5 Å². The summed E-state index contributed by atoms with van der Waals surface area (Å²) in [6.07, 6.45) is 0.862. The number of halogens is 1. The van der Waals surface area contributed by atoms with E-state index < -0.39 is 0 Å². The summed E-state index contributed by atoms with van der Waals surface area (Å²) in [6.45, 7) is 5.65. The van der Waals surface area contributed by atoms with E-state index >= 15 is 0 Å². The molecule has 0 saturated heterocycles. The van der Waals surface area contributed by atoms with E-state index in [0.717, 1.165) is 17.5 Å². The fourth-order valence-corrected chi connectivity index (χ4v) is 2.74. The van der Waals surface area contributed by atoms with Gasteiger partial charge < -0.3 is 19.9 Å². The van der Waals surface area contributed by atoms with Crippen LogP contribution in [0, 0.1) is 0 Å². The van der Waals surface area contributed by atoms with Crippen LogP contribution in [0.3, 0.4) is 0 Å². The lowest BCUT2D eigenvalue weighted by atomic mass is 10.1. The summed E-state index contributed by atoms with van der Waals surface area (Å²) in [4.78, 5) is 0. The molecular formula is C20H26ClNO3. The van der Waals surface area contributed by atoms with Crippen LogP contribution in [0.25, 0.3) is 0 Å². The van der Waals surface area contributed by atoms with Crippen molar-refractivity contribution in [2.45, 2.75) is 39.5 Å². The van der Waals surface area contributed by atoms with E-state index in [-0.39, 0.29) is 12.6 Å². The maximum atomic E-state index is 9.29. The number of rotatable bonds is 10. The van der Waals surface area contributed by atoms with Crippen molar-refractivity contribution >= 4 is 11.6 Å². The molecule has 0 aliphatic carbocycles. The number of hydrogen-bond donors (Lipinski definition) is 2. The number of benzene rings is 2. The third-order valence-corrected chi connectivity index (χ3v) is 4.18. The van der Waals surface area contributed by atoms with Gasteiger partial charge in [-0.25, -0.2) is 0 Å². The van der Waals surface area contributed by atoms with Gasteiger partial charge in [0.25, 0.3) is 0 Å². The average molecular weight is 364 g/mol. The second-order valence-electron chi connectivity index (χ2n) is 5.78. The van der Waals surface area contributed by atoms with Gasteiger partial charge in [0.2, 0.25) is 0 Å². The van der Waals surface area contributed by atoms with E-state index in [1.165, 1.54) is 0 Å². The Labute approximate surface area is 154 Å². The smallest absolute Gasteiger partial charge is 0.180 e. The summed E-state index contributed by atoms with van der Waals surface area (Å²) >= 11 is 6.44. The van der Waals surface area contributed by atoms with Crippen LogP contribution in [-0.2, 0) is 13.2 Å². The summed E-state index contributed by atoms with van der Waals surface area (Å²) in [5.74, 6) is 1.20. The van der Waals surface area contributed by atoms with Crippen LogP contribution in [0.1, 0.15) is 31.4 Å². The van der Waals surface area contributed by atoms with Gasteiger partial charge in [-0.15, -0.1) is 0 Å². The Morgan fingerprint density at radius 3 is 2.48 bits per heavy atom. The Kier molecular flexibility index (Phi) is 8.06. The molecule has 0 aliphatic rings. The van der Waals surface area contributed by atoms with E-state index in [9.17, 15) is 5.11 Å². The zero-order chi connectivity index (χ0) is 18.1. The van der Waals surface area contributed by atoms with Gasteiger partial charge in [-0.1, -0.05) is 48.9 Å². The van der Waals surface area contributed by atoms with Crippen molar-refractivity contribution in [2.75, 3.05) is 13.2 Å². The highest BCUT2D eigenvalue weighted by Crippen LogP contribution is 2.37. The Balaban J connectivity index is 2.13. The lowest BCUT2D eigenvalue weighted by Gasteiger charge is -2.17. The van der Waals surface area contributed by atoms with Crippen molar-refractivity contribution in [3.05, 3.63) is 58.6 Å². The van der Waals surface area contributed by atoms with Crippen molar-refractivity contribution in [1.82, 2.24) is 5.32 Å². The summed E-state index contributed by atoms with van der Waals surface area (Å²) in [5.41, 5.74) is 2.06. The van der Waals surface area contributed by atoms with Crippen LogP contribution in [0.4, 0.5) is 0 Å². The summed E-state index contributed by atoms with van der Waals surface area (Å²) in [6, 6.07) is 13.8. The van der Waals surface area contributed by atoms with Crippen molar-refractivity contribution in [1.29, 1.82) is 0 Å². The number of hydrogen-bond acceptors (Lipinski definition) is 4. The van der Waals surface area contributed by atoms with Crippen molar-refractivity contribution in [3.8, 4) is 11.5 Å². The van der Waals surface area contributed by atoms with Crippen LogP contribution >= 0.6 is 11.6 Å². The maximum Gasteiger partial charge on any atom is 0.180 e. The molecule has 0 bridgehead atoms. The molecule has 0 saturated carbocycles. The predicted octanol–water partition coefficient (Wildman–Crippen LogP) is 4.18. The minimum Gasteiger partial charge on any atom is -0.490 e. The predicted molar refractivity (Wildman–Crippen MR) is 101 cm³/mol. The minimum absolute atomic E-state index is 0.0725. The zero-order valence-electron chi connectivity index (χ0n) is 14.8. The molecule has 2 rings (SSSR count). The quantitative estimate of drug-likeness (QED) is 0.665. The standard InChI is InChI=1S/C20H26ClNO3/c1-3-17(13-23)22-12-16-10-18(21)20(19(11-16)24-4-2)25-14-15-8-6-5-7-9-15/h5-11,17,22-23H,3-4,12-14H2,1-2H3. The fraction of sp³-hybridized carbons (Fsp3) is 0.400. The molecule has 2 aromatic rings. The highest BCUT2D eigenvalue weighted by Gasteiger charge is 2.14. The number of aliphatic hydroxyl groups excluding tert-OH is 1. The van der Waals surface area contributed by atoms with Gasteiger partial charge in [-0.2, -0.15) is 0 Å². The first-order chi connectivity index (χ1) is 12.2. The fourth-order valence-electron chi connectivity index (χ4n) is 2.46. The van der Waals surface area contributed by atoms with E-state index in [4.69, 9.17) is 21.1 Å². The lowest BCUT2D eigenvalue weighted by Crippen LogP contribution is -2.31. The Hall–Kier alpha value is -1.75. The molecule has 5 heteroatoms. The molecule has 2 aromatic carbocycles. The van der Waals surface area contributed by atoms with E-state index in [1.54, 1.807) is 0 Å². The highest BCUT2D eigenvalue weighted by atomic mass is 35.5. The highest BCUT2D eigenvalue weighted by molar-refractivity contribution is 6.32. The molecule has 1 atom stereocenters. The van der Waals surface area contributed by atoms with Crippen LogP contribution in [0.5, 0.6) is 11.5 Å². The number of ether oxygens (including phenoxy) is 2. The third-order valence-electron chi connectivity index (χ3n) is 3.90. The maximum absolute atomic E-state index is 9.29. The molecule has 0 radical (unpaired) electrons. The second-order valence-corrected chi connectivity index (χ2v) is 6.19. The Morgan fingerprint density at radius 1 is 1.08 bits per heavy atom. The first-order valence-corrected chi connectivity index (χ1v) is 9.01. The molecule has 0 amide bonds. The van der Waals surface area contributed by atoms with Gasteiger partial charge in [-0.3, -0.25) is 0 Å². The zero-order valence-corrected chi connectivity index (χ0v) is 15.6. The molecule has 0 heterocycles. The van der Waals surface area contributed by atoms with E-state index in [1.807, 2.05) is 56.3 Å². The van der Waals surface area contributed by atoms with Crippen LogP contribution in [-0.4, -0.2) is 24.4 Å². The number of nitrogens with one attached hydrogen (secondary N) is 1. The van der Waals surface area contributed by atoms with Gasteiger partial charge in [0, 0.05) is 12.6 Å². The average Bonchev–Trinajstić information content (AvgIpc) is 2.63. The topological polar surface area (TPSA) is 50.7 Å². The normalized spacial score (nSPS) is 12.0. The van der Waals surface area contributed by atoms with Gasteiger partial charge in [0.1, 0.15) is 6.61 Å². The molecule has 0 spiro atoms. The lowest BCUT2D eigenvalue weighted by molar-refractivity contribution is 0.238. The molecular weight excluding hydrogens is 338 g/mol. The summed E-state index contributed by atoms with van der Waals surface area (Å²) in [7, 11) is 0. The largest absolute Gasteiger partial charge is 0.490 e. The first-order valence-electron chi connectivity index (χ1n) is 8.64. The molecule has 0 fully saturated rings. The molecule has 2 N–H and O–H groups in total. The van der Waals surface area contributed by atoms with Gasteiger partial charge >= 0.3 is 0 Å². The Morgan fingerprint density at radius 2 is 1.84 bits per heavy atom. The summed E-state index contributed by atoms with van der Waals surface area (Å²) < 4.78 is 11.6. The number of aliphatic hydroxyl groups is 1. The molecule has 4 nitrogen and oxygen atoms in total. The van der Waals surface area contributed by atoms with Gasteiger partial charge in [0.15, 0.2) is 11.5 Å². The summed E-state index contributed by atoms with van der Waals surface area (Å²) in [5, 5.41) is 13.1. The Bertz CT molecular complexity index is 645. The molecule has 25 heavy (non-hydrogen) atoms. The first kappa shape index (κ1) is 19.6. The molecule has 1 unspecified atom stereocenters. The monoisotopic (exact) mass is 363 g/mol. The minimum atomic E-state index is 0.0725. The van der Waals surface area contributed by atoms with E-state index in [0.29, 0.717) is 36.3 Å². The van der Waals surface area contributed by atoms with Gasteiger partial charge in [0.05, 0.1) is 18.2 Å². The SMILES string of the molecule is CCOc1cc(CNC(CC)CO)cc(Cl)c1OCc1ccccc1. The molecule has 0 aromatic heterocycles. The molecule has 0 aliphatic heterocycles. The van der Waals surface area contributed by atoms with Gasteiger partial charge in [-0.05, 0) is 36.6 Å². The third kappa shape index (κ3) is 5.92. The van der Waals surface area contributed by atoms with Crippen LogP contribution < -0.4 is 14.8 Å². The van der Waals surface area contributed by atoms with Crippen LogP contribution in [0.2, 0.25) is 5.02 Å². The van der Waals surface area contributed by atoms with Crippen molar-refractivity contribution < 1.29 is 14.6 Å². The van der Waals surface area contributed by atoms with E-state index in [2.05, 4.69) is 5.32 Å². The van der Waals surface area contributed by atoms with Crippen molar-refractivity contribution in [3.63, 3.8) is 0 Å².